The third-order valence-corrected chi connectivity index (χ3v) is 5.47. The van der Waals surface area contributed by atoms with Crippen molar-refractivity contribution in [1.82, 2.24) is 9.88 Å². The van der Waals surface area contributed by atoms with E-state index in [-0.39, 0.29) is 0 Å². The second-order valence-electron chi connectivity index (χ2n) is 5.60. The Morgan fingerprint density at radius 2 is 2.06 bits per heavy atom. The minimum atomic E-state index is 0.445. The SMILES string of the molecule is CC(C)C1CCN(C(C)c2nc(CCl)cs2)CC1. The van der Waals surface area contributed by atoms with Gasteiger partial charge in [-0.2, -0.15) is 0 Å². The minimum absolute atomic E-state index is 0.445. The molecule has 1 aliphatic rings. The largest absolute Gasteiger partial charge is 0.294 e. The minimum Gasteiger partial charge on any atom is -0.294 e. The van der Waals surface area contributed by atoms with Crippen LogP contribution in [0.1, 0.15) is 50.4 Å². The number of likely N-dealkylation sites (tertiary alicyclic amines) is 1. The standard InChI is InChI=1S/C14H23ClN2S/c1-10(2)12-4-6-17(7-5-12)11(3)14-16-13(8-15)9-18-14/h9-12H,4-8H2,1-3H3. The molecule has 0 bridgehead atoms. The highest BCUT2D eigenvalue weighted by Crippen LogP contribution is 2.31. The van der Waals surface area contributed by atoms with Crippen molar-refractivity contribution in [1.29, 1.82) is 0 Å². The van der Waals surface area contributed by atoms with Crippen molar-refractivity contribution in [2.24, 2.45) is 11.8 Å². The van der Waals surface area contributed by atoms with Crippen LogP contribution in [0.15, 0.2) is 5.38 Å². The molecule has 0 radical (unpaired) electrons. The lowest BCUT2D eigenvalue weighted by Gasteiger charge is -2.36. The highest BCUT2D eigenvalue weighted by Gasteiger charge is 2.26. The molecule has 2 rings (SSSR count). The first-order valence-electron chi connectivity index (χ1n) is 6.86. The van der Waals surface area contributed by atoms with E-state index in [9.17, 15) is 0 Å². The van der Waals surface area contributed by atoms with E-state index in [0.29, 0.717) is 11.9 Å². The molecule has 0 N–H and O–H groups in total. The molecular formula is C14H23ClN2S. The monoisotopic (exact) mass is 286 g/mol. The van der Waals surface area contributed by atoms with Crippen molar-refractivity contribution in [2.45, 2.75) is 45.5 Å². The van der Waals surface area contributed by atoms with Gasteiger partial charge in [0, 0.05) is 5.38 Å². The summed E-state index contributed by atoms with van der Waals surface area (Å²) in [6.45, 7) is 9.38. The molecule has 0 aliphatic carbocycles. The number of nitrogens with zero attached hydrogens (tertiary/aromatic N) is 2. The summed E-state index contributed by atoms with van der Waals surface area (Å²) in [5, 5.41) is 3.30. The van der Waals surface area contributed by atoms with Crippen LogP contribution in [-0.2, 0) is 5.88 Å². The molecule has 2 nitrogen and oxygen atoms in total. The predicted octanol–water partition coefficient (Wildman–Crippen LogP) is 4.31. The highest BCUT2D eigenvalue weighted by atomic mass is 35.5. The maximum absolute atomic E-state index is 5.82. The quantitative estimate of drug-likeness (QED) is 0.767. The molecule has 1 unspecified atom stereocenters. The lowest BCUT2D eigenvalue weighted by Crippen LogP contribution is -2.36. The average molecular weight is 287 g/mol. The normalized spacial score (nSPS) is 20.5. The number of halogens is 1. The first-order valence-corrected chi connectivity index (χ1v) is 8.27. The first kappa shape index (κ1) is 14.3. The number of alkyl halides is 1. The zero-order valence-corrected chi connectivity index (χ0v) is 13.1. The molecular weight excluding hydrogens is 264 g/mol. The Bertz CT molecular complexity index is 370. The Hall–Kier alpha value is -0.120. The van der Waals surface area contributed by atoms with Crippen molar-refractivity contribution in [3.05, 3.63) is 16.1 Å². The van der Waals surface area contributed by atoms with Crippen molar-refractivity contribution in [2.75, 3.05) is 13.1 Å². The van der Waals surface area contributed by atoms with Crippen LogP contribution in [-0.4, -0.2) is 23.0 Å². The van der Waals surface area contributed by atoms with Crippen molar-refractivity contribution in [3.8, 4) is 0 Å². The zero-order chi connectivity index (χ0) is 13.1. The summed E-state index contributed by atoms with van der Waals surface area (Å²) in [6.07, 6.45) is 2.66. The molecule has 0 spiro atoms. The van der Waals surface area contributed by atoms with Crippen LogP contribution >= 0.6 is 22.9 Å². The fourth-order valence-electron chi connectivity index (χ4n) is 2.71. The van der Waals surface area contributed by atoms with Crippen LogP contribution < -0.4 is 0 Å². The molecule has 18 heavy (non-hydrogen) atoms. The van der Waals surface area contributed by atoms with Gasteiger partial charge in [0.25, 0.3) is 0 Å². The highest BCUT2D eigenvalue weighted by molar-refractivity contribution is 7.09. The second-order valence-corrected chi connectivity index (χ2v) is 6.76. The van der Waals surface area contributed by atoms with E-state index in [2.05, 4.69) is 36.0 Å². The Balaban J connectivity index is 1.92. The Morgan fingerprint density at radius 1 is 1.39 bits per heavy atom. The van der Waals surface area contributed by atoms with Crippen molar-refractivity contribution >= 4 is 22.9 Å². The molecule has 4 heteroatoms. The van der Waals surface area contributed by atoms with Gasteiger partial charge in [-0.1, -0.05) is 13.8 Å². The molecule has 0 amide bonds. The van der Waals surface area contributed by atoms with Crippen LogP contribution in [0.4, 0.5) is 0 Å². The van der Waals surface area contributed by atoms with Gasteiger partial charge in [0.1, 0.15) is 5.01 Å². The van der Waals surface area contributed by atoms with Crippen LogP contribution in [0.2, 0.25) is 0 Å². The van der Waals surface area contributed by atoms with Gasteiger partial charge < -0.3 is 0 Å². The van der Waals surface area contributed by atoms with E-state index >= 15 is 0 Å². The molecule has 102 valence electrons. The topological polar surface area (TPSA) is 16.1 Å². The Morgan fingerprint density at radius 3 is 2.56 bits per heavy atom. The van der Waals surface area contributed by atoms with E-state index in [1.807, 2.05) is 0 Å². The molecule has 1 aliphatic heterocycles. The summed E-state index contributed by atoms with van der Waals surface area (Å²) < 4.78 is 0. The van der Waals surface area contributed by atoms with Gasteiger partial charge in [-0.05, 0) is 44.7 Å². The van der Waals surface area contributed by atoms with Gasteiger partial charge in [-0.25, -0.2) is 4.98 Å². The molecule has 0 saturated carbocycles. The Kier molecular flexibility index (Phi) is 5.05. The summed E-state index contributed by atoms with van der Waals surface area (Å²) in [7, 11) is 0. The maximum Gasteiger partial charge on any atom is 0.110 e. The number of hydrogen-bond acceptors (Lipinski definition) is 3. The second kappa shape index (κ2) is 6.36. The molecule has 1 atom stereocenters. The van der Waals surface area contributed by atoms with Crippen molar-refractivity contribution in [3.63, 3.8) is 0 Å². The average Bonchev–Trinajstić information content (AvgIpc) is 2.86. The molecule has 1 saturated heterocycles. The summed E-state index contributed by atoms with van der Waals surface area (Å²) in [6, 6.07) is 0.445. The van der Waals surface area contributed by atoms with Gasteiger partial charge in [0.05, 0.1) is 17.6 Å². The zero-order valence-electron chi connectivity index (χ0n) is 11.5. The number of rotatable bonds is 4. The van der Waals surface area contributed by atoms with E-state index in [1.54, 1.807) is 11.3 Å². The van der Waals surface area contributed by atoms with Gasteiger partial charge in [0.2, 0.25) is 0 Å². The lowest BCUT2D eigenvalue weighted by atomic mass is 9.86. The molecule has 0 aromatic carbocycles. The first-order chi connectivity index (χ1) is 8.61. The van der Waals surface area contributed by atoms with Crippen LogP contribution in [0.5, 0.6) is 0 Å². The van der Waals surface area contributed by atoms with Crippen molar-refractivity contribution < 1.29 is 0 Å². The molecule has 2 heterocycles. The van der Waals surface area contributed by atoms with E-state index in [1.165, 1.54) is 30.9 Å². The number of thiazole rings is 1. The van der Waals surface area contributed by atoms with Crippen LogP contribution in [0, 0.1) is 11.8 Å². The lowest BCUT2D eigenvalue weighted by molar-refractivity contribution is 0.122. The smallest absolute Gasteiger partial charge is 0.110 e. The third kappa shape index (κ3) is 3.25. The summed E-state index contributed by atoms with van der Waals surface area (Å²) in [4.78, 5) is 7.17. The summed E-state index contributed by atoms with van der Waals surface area (Å²) in [5.74, 6) is 2.26. The molecule has 1 fully saturated rings. The molecule has 1 aromatic rings. The third-order valence-electron chi connectivity index (χ3n) is 4.13. The summed E-state index contributed by atoms with van der Waals surface area (Å²) >= 11 is 7.56. The van der Waals surface area contributed by atoms with E-state index in [0.717, 1.165) is 17.5 Å². The van der Waals surface area contributed by atoms with E-state index < -0.39 is 0 Å². The van der Waals surface area contributed by atoms with Gasteiger partial charge in [-0.15, -0.1) is 22.9 Å². The predicted molar refractivity (Wildman–Crippen MR) is 79.2 cm³/mol. The summed E-state index contributed by atoms with van der Waals surface area (Å²) in [5.41, 5.74) is 1.01. The number of hydrogen-bond donors (Lipinski definition) is 0. The maximum atomic E-state index is 5.82. The molecule has 1 aromatic heterocycles. The van der Waals surface area contributed by atoms with Crippen LogP contribution in [0.25, 0.3) is 0 Å². The number of piperidine rings is 1. The fourth-order valence-corrected chi connectivity index (χ4v) is 3.84. The Labute approximate surface area is 119 Å². The van der Waals surface area contributed by atoms with E-state index in [4.69, 9.17) is 11.6 Å². The number of aromatic nitrogens is 1. The van der Waals surface area contributed by atoms with Gasteiger partial charge in [-0.3, -0.25) is 4.90 Å². The van der Waals surface area contributed by atoms with Gasteiger partial charge in [0.15, 0.2) is 0 Å². The van der Waals surface area contributed by atoms with Gasteiger partial charge >= 0.3 is 0 Å². The van der Waals surface area contributed by atoms with Crippen LogP contribution in [0.3, 0.4) is 0 Å². The fraction of sp³-hybridized carbons (Fsp3) is 0.786.